The average molecular weight is 491 g/mol. The molecule has 0 bridgehead atoms. The smallest absolute Gasteiger partial charge is 0.255 e. The van der Waals surface area contributed by atoms with Gasteiger partial charge in [0.1, 0.15) is 0 Å². The van der Waals surface area contributed by atoms with Crippen molar-refractivity contribution in [2.24, 2.45) is 5.92 Å². The van der Waals surface area contributed by atoms with Crippen molar-refractivity contribution in [1.29, 1.82) is 0 Å². The predicted molar refractivity (Wildman–Crippen MR) is 145 cm³/mol. The Morgan fingerprint density at radius 2 is 1.69 bits per heavy atom. The van der Waals surface area contributed by atoms with Crippen LogP contribution in [0.5, 0.6) is 0 Å². The molecule has 6 heteroatoms. The maximum absolute atomic E-state index is 13.9. The lowest BCUT2D eigenvalue weighted by atomic mass is 9.87. The number of para-hydroxylation sites is 1. The van der Waals surface area contributed by atoms with Gasteiger partial charge in [0, 0.05) is 56.6 Å². The van der Waals surface area contributed by atoms with Crippen LogP contribution >= 0.6 is 0 Å². The number of benzene rings is 1. The largest absolute Gasteiger partial charge is 0.333 e. The Labute approximate surface area is 216 Å². The highest BCUT2D eigenvalue weighted by Crippen LogP contribution is 2.32. The summed E-state index contributed by atoms with van der Waals surface area (Å²) in [5.74, 6) is 0.359. The van der Waals surface area contributed by atoms with Crippen LogP contribution < -0.4 is 4.90 Å². The Morgan fingerprint density at radius 1 is 0.917 bits per heavy atom. The number of aromatic nitrogens is 1. The standard InChI is InChI=1S/C30H42N4O2/c1-22(2)32-16-9-17-34(30(36)25-11-6-5-7-12-25)28-23(3)10-8-13-27(28)21-33(19-18-32)29(35)26-15-14-24(4)31-20-26/h8,10,13-15,20,22,25H,5-7,9,11-12,16-19,21H2,1-4H3. The number of hydrogen-bond donors (Lipinski definition) is 0. The molecule has 0 spiro atoms. The summed E-state index contributed by atoms with van der Waals surface area (Å²) in [5, 5.41) is 0. The highest BCUT2D eigenvalue weighted by Gasteiger charge is 2.30. The summed E-state index contributed by atoms with van der Waals surface area (Å²) in [7, 11) is 0. The van der Waals surface area contributed by atoms with Crippen LogP contribution in [0.3, 0.4) is 0 Å². The van der Waals surface area contributed by atoms with E-state index in [1.54, 1.807) is 6.20 Å². The number of carbonyl (C=O) groups excluding carboxylic acids is 2. The number of fused-ring (bicyclic) bond motifs is 1. The first-order valence-corrected chi connectivity index (χ1v) is 13.7. The first-order valence-electron chi connectivity index (χ1n) is 13.7. The molecular formula is C30H42N4O2. The van der Waals surface area contributed by atoms with E-state index in [9.17, 15) is 9.59 Å². The summed E-state index contributed by atoms with van der Waals surface area (Å²) in [5.41, 5.74) is 4.65. The second-order valence-corrected chi connectivity index (χ2v) is 10.8. The van der Waals surface area contributed by atoms with Crippen LogP contribution in [-0.4, -0.2) is 58.8 Å². The maximum atomic E-state index is 13.9. The van der Waals surface area contributed by atoms with Gasteiger partial charge in [0.05, 0.1) is 11.3 Å². The van der Waals surface area contributed by atoms with Gasteiger partial charge in [-0.05, 0) is 70.2 Å². The summed E-state index contributed by atoms with van der Waals surface area (Å²) in [6.45, 7) is 12.0. The molecule has 1 aromatic heterocycles. The fourth-order valence-electron chi connectivity index (χ4n) is 5.68. The molecule has 0 N–H and O–H groups in total. The third-order valence-corrected chi connectivity index (χ3v) is 7.83. The molecule has 0 saturated heterocycles. The summed E-state index contributed by atoms with van der Waals surface area (Å²) >= 11 is 0. The Balaban J connectivity index is 1.72. The van der Waals surface area contributed by atoms with Crippen molar-refractivity contribution >= 4 is 17.5 Å². The number of hydrogen-bond acceptors (Lipinski definition) is 4. The van der Waals surface area contributed by atoms with E-state index in [0.29, 0.717) is 31.2 Å². The zero-order valence-corrected chi connectivity index (χ0v) is 22.5. The van der Waals surface area contributed by atoms with Crippen molar-refractivity contribution in [1.82, 2.24) is 14.8 Å². The molecule has 2 aromatic rings. The lowest BCUT2D eigenvalue weighted by Gasteiger charge is -2.33. The predicted octanol–water partition coefficient (Wildman–Crippen LogP) is 5.37. The maximum Gasteiger partial charge on any atom is 0.255 e. The zero-order chi connectivity index (χ0) is 25.7. The van der Waals surface area contributed by atoms with Crippen molar-refractivity contribution in [3.05, 3.63) is 58.9 Å². The van der Waals surface area contributed by atoms with Crippen LogP contribution in [0.4, 0.5) is 5.69 Å². The van der Waals surface area contributed by atoms with Gasteiger partial charge in [-0.1, -0.05) is 37.5 Å². The summed E-state index contributed by atoms with van der Waals surface area (Å²) in [6, 6.07) is 10.4. The molecule has 2 aliphatic rings. The minimum Gasteiger partial charge on any atom is -0.333 e. The Kier molecular flexibility index (Phi) is 8.78. The highest BCUT2D eigenvalue weighted by atomic mass is 16.2. The summed E-state index contributed by atoms with van der Waals surface area (Å²) < 4.78 is 0. The molecule has 6 nitrogen and oxygen atoms in total. The minimum atomic E-state index is -0.0110. The van der Waals surface area contributed by atoms with Crippen molar-refractivity contribution in [2.75, 3.05) is 31.1 Å². The molecule has 36 heavy (non-hydrogen) atoms. The first kappa shape index (κ1) is 26.3. The van der Waals surface area contributed by atoms with Gasteiger partial charge in [-0.15, -0.1) is 0 Å². The Hall–Kier alpha value is -2.73. The van der Waals surface area contributed by atoms with Crippen LogP contribution in [0.1, 0.15) is 79.6 Å². The van der Waals surface area contributed by atoms with Gasteiger partial charge >= 0.3 is 0 Å². The van der Waals surface area contributed by atoms with Crippen LogP contribution in [0.15, 0.2) is 36.5 Å². The third-order valence-electron chi connectivity index (χ3n) is 7.83. The quantitative estimate of drug-likeness (QED) is 0.581. The van der Waals surface area contributed by atoms with E-state index in [1.165, 1.54) is 6.42 Å². The second-order valence-electron chi connectivity index (χ2n) is 10.8. The van der Waals surface area contributed by atoms with Gasteiger partial charge in [0.25, 0.3) is 5.91 Å². The van der Waals surface area contributed by atoms with Crippen molar-refractivity contribution in [3.8, 4) is 0 Å². The topological polar surface area (TPSA) is 56.8 Å². The lowest BCUT2D eigenvalue weighted by molar-refractivity contribution is -0.123. The number of carbonyl (C=O) groups is 2. The van der Waals surface area contributed by atoms with Crippen LogP contribution in [0, 0.1) is 19.8 Å². The molecule has 194 valence electrons. The molecule has 1 aliphatic heterocycles. The van der Waals surface area contributed by atoms with E-state index in [1.807, 2.05) is 30.0 Å². The van der Waals surface area contributed by atoms with Gasteiger partial charge in [-0.3, -0.25) is 19.5 Å². The van der Waals surface area contributed by atoms with Gasteiger partial charge < -0.3 is 9.80 Å². The molecule has 4 rings (SSSR count). The fourth-order valence-corrected chi connectivity index (χ4v) is 5.68. The molecule has 2 amide bonds. The number of anilines is 1. The zero-order valence-electron chi connectivity index (χ0n) is 22.5. The van der Waals surface area contributed by atoms with Crippen molar-refractivity contribution < 1.29 is 9.59 Å². The molecule has 0 radical (unpaired) electrons. The normalized spacial score (nSPS) is 18.6. The number of nitrogens with zero attached hydrogens (tertiary/aromatic N) is 4. The third kappa shape index (κ3) is 6.15. The lowest BCUT2D eigenvalue weighted by Crippen LogP contribution is -2.41. The SMILES string of the molecule is Cc1ccc(C(=O)N2CCN(C(C)C)CCCN(C(=O)C3CCCCC3)c3c(C)cccc3C2)cn1. The molecule has 1 aliphatic carbocycles. The molecular weight excluding hydrogens is 448 g/mol. The van der Waals surface area contributed by atoms with Crippen molar-refractivity contribution in [3.63, 3.8) is 0 Å². The van der Waals surface area contributed by atoms with E-state index in [-0.39, 0.29) is 17.7 Å². The van der Waals surface area contributed by atoms with Crippen LogP contribution in [-0.2, 0) is 11.3 Å². The average Bonchev–Trinajstić information content (AvgIpc) is 2.91. The molecule has 0 unspecified atom stereocenters. The Morgan fingerprint density at radius 3 is 2.39 bits per heavy atom. The Bertz CT molecular complexity index is 1040. The molecule has 1 saturated carbocycles. The molecule has 1 fully saturated rings. The van der Waals surface area contributed by atoms with Crippen LogP contribution in [0.25, 0.3) is 0 Å². The fraction of sp³-hybridized carbons (Fsp3) is 0.567. The van der Waals surface area contributed by atoms with E-state index in [4.69, 9.17) is 0 Å². The summed E-state index contributed by atoms with van der Waals surface area (Å²) in [4.78, 5) is 38.4. The van der Waals surface area contributed by atoms with Gasteiger partial charge in [-0.2, -0.15) is 0 Å². The summed E-state index contributed by atoms with van der Waals surface area (Å²) in [6.07, 6.45) is 8.07. The van der Waals surface area contributed by atoms with Crippen molar-refractivity contribution in [2.45, 2.75) is 78.8 Å². The monoisotopic (exact) mass is 490 g/mol. The molecule has 2 heterocycles. The number of rotatable bonds is 3. The van der Waals surface area contributed by atoms with Gasteiger partial charge in [-0.25, -0.2) is 0 Å². The van der Waals surface area contributed by atoms with Gasteiger partial charge in [0.2, 0.25) is 5.91 Å². The highest BCUT2D eigenvalue weighted by molar-refractivity contribution is 5.97. The van der Waals surface area contributed by atoms with E-state index >= 15 is 0 Å². The number of amides is 2. The second kappa shape index (κ2) is 12.0. The van der Waals surface area contributed by atoms with E-state index < -0.39 is 0 Å². The van der Waals surface area contributed by atoms with Crippen LogP contribution in [0.2, 0.25) is 0 Å². The van der Waals surface area contributed by atoms with E-state index in [2.05, 4.69) is 47.7 Å². The number of pyridine rings is 1. The number of aryl methyl sites for hydroxylation is 2. The van der Waals surface area contributed by atoms with E-state index in [0.717, 1.165) is 67.7 Å². The van der Waals surface area contributed by atoms with Gasteiger partial charge in [0.15, 0.2) is 0 Å². The molecule has 1 aromatic carbocycles. The molecule has 0 atom stereocenters. The minimum absolute atomic E-state index is 0.0110. The first-order chi connectivity index (χ1) is 17.3.